The highest BCUT2D eigenvalue weighted by Gasteiger charge is 2.11. The zero-order chi connectivity index (χ0) is 14.8. The van der Waals surface area contributed by atoms with E-state index in [1.54, 1.807) is 4.68 Å². The number of hydrogen-bond donors (Lipinski definition) is 1. The second-order valence-electron chi connectivity index (χ2n) is 4.71. The number of anilines is 1. The SMILES string of the molecule is CCc1ccc(-n2nnnc2-c2cc(N)cc(Br)c2)cc1. The Morgan fingerprint density at radius 2 is 1.90 bits per heavy atom. The molecule has 2 N–H and O–H groups in total. The van der Waals surface area contributed by atoms with Crippen LogP contribution in [0, 0.1) is 0 Å². The molecule has 0 atom stereocenters. The van der Waals surface area contributed by atoms with Crippen LogP contribution in [0.3, 0.4) is 0 Å². The van der Waals surface area contributed by atoms with Gasteiger partial charge in [0.2, 0.25) is 0 Å². The first kappa shape index (κ1) is 13.8. The topological polar surface area (TPSA) is 69.6 Å². The molecule has 0 saturated carbocycles. The van der Waals surface area contributed by atoms with Crippen molar-refractivity contribution in [3.63, 3.8) is 0 Å². The molecular formula is C15H14BrN5. The lowest BCUT2D eigenvalue weighted by atomic mass is 10.1. The molecule has 0 aliphatic heterocycles. The summed E-state index contributed by atoms with van der Waals surface area (Å²) in [7, 11) is 0. The Bertz CT molecular complexity index is 744. The van der Waals surface area contributed by atoms with E-state index < -0.39 is 0 Å². The Morgan fingerprint density at radius 3 is 2.57 bits per heavy atom. The van der Waals surface area contributed by atoms with Crippen LogP contribution < -0.4 is 5.73 Å². The van der Waals surface area contributed by atoms with Crippen molar-refractivity contribution in [2.45, 2.75) is 13.3 Å². The molecule has 0 unspecified atom stereocenters. The predicted molar refractivity (Wildman–Crippen MR) is 86.1 cm³/mol. The number of aromatic nitrogens is 4. The fourth-order valence-electron chi connectivity index (χ4n) is 2.16. The summed E-state index contributed by atoms with van der Waals surface area (Å²) in [5, 5.41) is 12.0. The number of halogens is 1. The summed E-state index contributed by atoms with van der Waals surface area (Å²) >= 11 is 3.44. The number of nitrogens with two attached hydrogens (primary N) is 1. The number of rotatable bonds is 3. The van der Waals surface area contributed by atoms with Gasteiger partial charge in [0.05, 0.1) is 5.69 Å². The third-order valence-corrected chi connectivity index (χ3v) is 3.69. The first-order chi connectivity index (χ1) is 10.2. The molecule has 6 heteroatoms. The normalized spacial score (nSPS) is 10.8. The highest BCUT2D eigenvalue weighted by molar-refractivity contribution is 9.10. The minimum atomic E-state index is 0.659. The Balaban J connectivity index is 2.07. The average molecular weight is 344 g/mol. The van der Waals surface area contributed by atoms with Gasteiger partial charge in [0.15, 0.2) is 5.82 Å². The predicted octanol–water partition coefficient (Wildman–Crippen LogP) is 3.24. The second kappa shape index (κ2) is 5.65. The van der Waals surface area contributed by atoms with Gasteiger partial charge in [0.25, 0.3) is 0 Å². The van der Waals surface area contributed by atoms with Crippen LogP contribution in [0.2, 0.25) is 0 Å². The molecular weight excluding hydrogens is 330 g/mol. The lowest BCUT2D eigenvalue weighted by molar-refractivity contribution is 0.790. The fourth-order valence-corrected chi connectivity index (χ4v) is 2.67. The summed E-state index contributed by atoms with van der Waals surface area (Å²) in [6.45, 7) is 2.13. The van der Waals surface area contributed by atoms with E-state index in [0.29, 0.717) is 11.5 Å². The molecule has 1 aromatic heterocycles. The molecule has 5 nitrogen and oxygen atoms in total. The molecule has 0 aliphatic rings. The van der Waals surface area contributed by atoms with E-state index >= 15 is 0 Å². The van der Waals surface area contributed by atoms with Crippen LogP contribution in [0.5, 0.6) is 0 Å². The van der Waals surface area contributed by atoms with Gasteiger partial charge in [-0.05, 0) is 52.7 Å². The van der Waals surface area contributed by atoms with Crippen molar-refractivity contribution < 1.29 is 0 Å². The minimum absolute atomic E-state index is 0.659. The van der Waals surface area contributed by atoms with Crippen LogP contribution >= 0.6 is 15.9 Å². The monoisotopic (exact) mass is 343 g/mol. The van der Waals surface area contributed by atoms with E-state index in [1.807, 2.05) is 30.3 Å². The molecule has 0 radical (unpaired) electrons. The number of tetrazole rings is 1. The van der Waals surface area contributed by atoms with Crippen LogP contribution in [0.15, 0.2) is 46.9 Å². The molecule has 0 fully saturated rings. The third-order valence-electron chi connectivity index (χ3n) is 3.24. The molecule has 2 aromatic carbocycles. The van der Waals surface area contributed by atoms with Gasteiger partial charge in [-0.15, -0.1) is 5.10 Å². The maximum absolute atomic E-state index is 5.88. The first-order valence-corrected chi connectivity index (χ1v) is 7.41. The van der Waals surface area contributed by atoms with E-state index in [2.05, 4.69) is 50.5 Å². The largest absolute Gasteiger partial charge is 0.399 e. The molecule has 0 bridgehead atoms. The van der Waals surface area contributed by atoms with Crippen LogP contribution in [0.25, 0.3) is 17.1 Å². The molecule has 106 valence electrons. The number of benzene rings is 2. The quantitative estimate of drug-likeness (QED) is 0.741. The maximum atomic E-state index is 5.88. The molecule has 3 rings (SSSR count). The molecule has 0 spiro atoms. The van der Waals surface area contributed by atoms with Crippen molar-refractivity contribution in [3.8, 4) is 17.1 Å². The Labute approximate surface area is 130 Å². The molecule has 0 aliphatic carbocycles. The van der Waals surface area contributed by atoms with Crippen LogP contribution in [0.1, 0.15) is 12.5 Å². The van der Waals surface area contributed by atoms with E-state index in [-0.39, 0.29) is 0 Å². The summed E-state index contributed by atoms with van der Waals surface area (Å²) < 4.78 is 2.61. The Kier molecular flexibility index (Phi) is 3.70. The fraction of sp³-hybridized carbons (Fsp3) is 0.133. The summed E-state index contributed by atoms with van der Waals surface area (Å²) in [5.74, 6) is 0.659. The minimum Gasteiger partial charge on any atom is -0.399 e. The lowest BCUT2D eigenvalue weighted by Crippen LogP contribution is -2.00. The standard InChI is InChI=1S/C15H14BrN5/c1-2-10-3-5-14(6-4-10)21-15(18-19-20-21)11-7-12(16)9-13(17)8-11/h3-9H,2,17H2,1H3. The van der Waals surface area contributed by atoms with Crippen LogP contribution in [0.4, 0.5) is 5.69 Å². The summed E-state index contributed by atoms with van der Waals surface area (Å²) in [4.78, 5) is 0. The number of nitrogens with zero attached hydrogens (tertiary/aromatic N) is 4. The van der Waals surface area contributed by atoms with Gasteiger partial charge in [-0.25, -0.2) is 0 Å². The second-order valence-corrected chi connectivity index (χ2v) is 5.62. The molecule has 0 amide bonds. The number of nitrogen functional groups attached to an aromatic ring is 1. The van der Waals surface area contributed by atoms with Crippen molar-refractivity contribution in [1.29, 1.82) is 0 Å². The smallest absolute Gasteiger partial charge is 0.187 e. The lowest BCUT2D eigenvalue weighted by Gasteiger charge is -2.07. The summed E-state index contributed by atoms with van der Waals surface area (Å²) in [6.07, 6.45) is 1.00. The van der Waals surface area contributed by atoms with Crippen molar-refractivity contribution in [2.75, 3.05) is 5.73 Å². The van der Waals surface area contributed by atoms with Crippen LogP contribution in [-0.4, -0.2) is 20.2 Å². The van der Waals surface area contributed by atoms with Gasteiger partial charge in [-0.2, -0.15) is 4.68 Å². The zero-order valence-corrected chi connectivity index (χ0v) is 13.1. The van der Waals surface area contributed by atoms with Crippen molar-refractivity contribution in [1.82, 2.24) is 20.2 Å². The Morgan fingerprint density at radius 1 is 1.14 bits per heavy atom. The van der Waals surface area contributed by atoms with Crippen molar-refractivity contribution in [2.24, 2.45) is 0 Å². The van der Waals surface area contributed by atoms with E-state index in [1.165, 1.54) is 5.56 Å². The van der Waals surface area contributed by atoms with Gasteiger partial charge >= 0.3 is 0 Å². The van der Waals surface area contributed by atoms with Gasteiger partial charge in [0, 0.05) is 15.7 Å². The molecule has 3 aromatic rings. The molecule has 1 heterocycles. The zero-order valence-electron chi connectivity index (χ0n) is 11.5. The van der Waals surface area contributed by atoms with E-state index in [4.69, 9.17) is 5.73 Å². The maximum Gasteiger partial charge on any atom is 0.187 e. The number of hydrogen-bond acceptors (Lipinski definition) is 4. The Hall–Kier alpha value is -2.21. The van der Waals surface area contributed by atoms with Crippen LogP contribution in [-0.2, 0) is 6.42 Å². The van der Waals surface area contributed by atoms with E-state index in [9.17, 15) is 0 Å². The summed E-state index contributed by atoms with van der Waals surface area (Å²) in [6, 6.07) is 13.8. The number of aryl methyl sites for hydroxylation is 1. The molecule has 0 saturated heterocycles. The summed E-state index contributed by atoms with van der Waals surface area (Å²) in [5.41, 5.74) is 9.61. The average Bonchev–Trinajstić information content (AvgIpc) is 2.96. The van der Waals surface area contributed by atoms with Gasteiger partial charge < -0.3 is 5.73 Å². The van der Waals surface area contributed by atoms with Gasteiger partial charge in [0.1, 0.15) is 0 Å². The van der Waals surface area contributed by atoms with Crippen molar-refractivity contribution >= 4 is 21.6 Å². The van der Waals surface area contributed by atoms with E-state index in [0.717, 1.165) is 22.1 Å². The first-order valence-electron chi connectivity index (χ1n) is 6.61. The third kappa shape index (κ3) is 2.80. The van der Waals surface area contributed by atoms with Gasteiger partial charge in [-0.3, -0.25) is 0 Å². The highest BCUT2D eigenvalue weighted by Crippen LogP contribution is 2.26. The highest BCUT2D eigenvalue weighted by atomic mass is 79.9. The van der Waals surface area contributed by atoms with Gasteiger partial charge in [-0.1, -0.05) is 35.0 Å². The molecule has 21 heavy (non-hydrogen) atoms. The van der Waals surface area contributed by atoms with Crippen molar-refractivity contribution in [3.05, 3.63) is 52.5 Å².